The molecular weight excluding hydrogens is 316 g/mol. The van der Waals surface area contributed by atoms with Crippen LogP contribution in [0.25, 0.3) is 10.6 Å². The molecule has 3 aromatic rings. The monoisotopic (exact) mass is 326 g/mol. The van der Waals surface area contributed by atoms with Gasteiger partial charge in [0, 0.05) is 16.3 Å². The van der Waals surface area contributed by atoms with Gasteiger partial charge in [-0.3, -0.25) is 0 Å². The number of thiazole rings is 1. The van der Waals surface area contributed by atoms with Crippen LogP contribution < -0.4 is 0 Å². The van der Waals surface area contributed by atoms with Crippen LogP contribution in [0, 0.1) is 11.3 Å². The average Bonchev–Trinajstić information content (AvgIpc) is 3.23. The van der Waals surface area contributed by atoms with Crippen molar-refractivity contribution in [1.82, 2.24) is 4.98 Å². The van der Waals surface area contributed by atoms with Crippen molar-refractivity contribution in [2.24, 2.45) is 0 Å². The highest BCUT2D eigenvalue weighted by molar-refractivity contribution is 7.14. The van der Waals surface area contributed by atoms with E-state index >= 15 is 0 Å². The maximum atomic E-state index is 12.0. The maximum absolute atomic E-state index is 12.0. The Morgan fingerprint density at radius 2 is 2.23 bits per heavy atom. The quantitative estimate of drug-likeness (QED) is 0.677. The number of nitriles is 1. The fourth-order valence-corrected chi connectivity index (χ4v) is 3.35. The lowest BCUT2D eigenvalue weighted by atomic mass is 10.1. The van der Waals surface area contributed by atoms with E-state index in [1.807, 2.05) is 28.3 Å². The van der Waals surface area contributed by atoms with Crippen LogP contribution in [0.1, 0.15) is 21.6 Å². The molecule has 1 aromatic carbocycles. The van der Waals surface area contributed by atoms with Gasteiger partial charge < -0.3 is 4.74 Å². The van der Waals surface area contributed by atoms with Crippen LogP contribution in [0.3, 0.4) is 0 Å². The lowest BCUT2D eigenvalue weighted by Gasteiger charge is -2.03. The van der Waals surface area contributed by atoms with Gasteiger partial charge in [0.05, 0.1) is 22.9 Å². The Morgan fingerprint density at radius 3 is 3.00 bits per heavy atom. The topological polar surface area (TPSA) is 63.0 Å². The maximum Gasteiger partial charge on any atom is 0.338 e. The van der Waals surface area contributed by atoms with Gasteiger partial charge >= 0.3 is 5.97 Å². The second-order valence-corrected chi connectivity index (χ2v) is 6.06. The number of carbonyl (C=O) groups is 1. The van der Waals surface area contributed by atoms with Crippen LogP contribution in [0.2, 0.25) is 0 Å². The van der Waals surface area contributed by atoms with Crippen LogP contribution in [0.4, 0.5) is 0 Å². The zero-order valence-corrected chi connectivity index (χ0v) is 13.0. The van der Waals surface area contributed by atoms with Crippen molar-refractivity contribution in [2.45, 2.75) is 6.61 Å². The first kappa shape index (κ1) is 14.4. The van der Waals surface area contributed by atoms with Crippen LogP contribution in [0.5, 0.6) is 0 Å². The molecule has 2 heterocycles. The predicted octanol–water partition coefficient (Wildman–Crippen LogP) is 4.10. The molecule has 0 fully saturated rings. The summed E-state index contributed by atoms with van der Waals surface area (Å²) in [7, 11) is 0. The number of carbonyl (C=O) groups excluding carboxylic acids is 1. The minimum atomic E-state index is -0.456. The van der Waals surface area contributed by atoms with E-state index in [1.165, 1.54) is 17.4 Å². The molecule has 0 N–H and O–H groups in total. The van der Waals surface area contributed by atoms with Gasteiger partial charge in [0.2, 0.25) is 0 Å². The summed E-state index contributed by atoms with van der Waals surface area (Å²) >= 11 is 3.14. The zero-order valence-electron chi connectivity index (χ0n) is 11.4. The number of ether oxygens (including phenoxy) is 1. The molecular formula is C16H10N2O2S2. The largest absolute Gasteiger partial charge is 0.456 e. The van der Waals surface area contributed by atoms with Crippen molar-refractivity contribution < 1.29 is 9.53 Å². The fraction of sp³-hybridized carbons (Fsp3) is 0.0625. The van der Waals surface area contributed by atoms with Gasteiger partial charge in [-0.25, -0.2) is 9.78 Å². The Hall–Kier alpha value is -2.49. The number of esters is 1. The molecule has 108 valence electrons. The van der Waals surface area contributed by atoms with E-state index in [4.69, 9.17) is 10.00 Å². The van der Waals surface area contributed by atoms with E-state index < -0.39 is 5.97 Å². The number of aromatic nitrogens is 1. The zero-order chi connectivity index (χ0) is 15.4. The normalized spacial score (nSPS) is 10.1. The molecule has 0 radical (unpaired) electrons. The molecule has 2 aromatic heterocycles. The molecule has 0 aliphatic carbocycles. The third-order valence-corrected chi connectivity index (χ3v) is 4.52. The van der Waals surface area contributed by atoms with E-state index in [1.54, 1.807) is 29.5 Å². The van der Waals surface area contributed by atoms with Gasteiger partial charge in [0.15, 0.2) is 0 Å². The van der Waals surface area contributed by atoms with Gasteiger partial charge in [-0.1, -0.05) is 6.07 Å². The predicted molar refractivity (Wildman–Crippen MR) is 85.7 cm³/mol. The van der Waals surface area contributed by atoms with Crippen molar-refractivity contribution >= 4 is 28.6 Å². The van der Waals surface area contributed by atoms with Crippen LogP contribution in [-0.4, -0.2) is 11.0 Å². The van der Waals surface area contributed by atoms with Crippen molar-refractivity contribution in [2.75, 3.05) is 0 Å². The van der Waals surface area contributed by atoms with Gasteiger partial charge in [-0.15, -0.1) is 11.3 Å². The molecule has 0 saturated carbocycles. The number of nitrogens with zero attached hydrogens (tertiary/aromatic N) is 2. The number of hydrogen-bond donors (Lipinski definition) is 0. The Morgan fingerprint density at radius 1 is 1.32 bits per heavy atom. The first-order valence-electron chi connectivity index (χ1n) is 6.40. The highest BCUT2D eigenvalue weighted by atomic mass is 32.1. The molecule has 0 spiro atoms. The van der Waals surface area contributed by atoms with E-state index in [-0.39, 0.29) is 6.61 Å². The number of benzene rings is 1. The summed E-state index contributed by atoms with van der Waals surface area (Å²) in [5.41, 5.74) is 2.60. The first-order valence-corrected chi connectivity index (χ1v) is 8.23. The Labute approximate surface area is 135 Å². The Balaban J connectivity index is 1.65. The minimum Gasteiger partial charge on any atom is -0.456 e. The third-order valence-electron chi connectivity index (χ3n) is 2.90. The average molecular weight is 326 g/mol. The van der Waals surface area contributed by atoms with Gasteiger partial charge in [0.1, 0.15) is 11.6 Å². The molecule has 22 heavy (non-hydrogen) atoms. The summed E-state index contributed by atoms with van der Waals surface area (Å²) < 4.78 is 5.24. The Bertz CT molecular complexity index is 832. The van der Waals surface area contributed by atoms with Crippen LogP contribution in [-0.2, 0) is 11.3 Å². The summed E-state index contributed by atoms with van der Waals surface area (Å²) in [6, 6.07) is 10.4. The molecule has 0 saturated heterocycles. The molecule has 0 aliphatic rings. The molecule has 3 rings (SSSR count). The smallest absolute Gasteiger partial charge is 0.338 e. The van der Waals surface area contributed by atoms with Crippen LogP contribution in [0.15, 0.2) is 46.5 Å². The summed E-state index contributed by atoms with van der Waals surface area (Å²) in [4.78, 5) is 16.4. The molecule has 0 atom stereocenters. The van der Waals surface area contributed by atoms with Crippen molar-refractivity contribution in [3.8, 4) is 16.6 Å². The Kier molecular flexibility index (Phi) is 4.28. The lowest BCUT2D eigenvalue weighted by molar-refractivity contribution is 0.0468. The summed E-state index contributed by atoms with van der Waals surface area (Å²) in [6.45, 7) is 0.121. The van der Waals surface area contributed by atoms with E-state index in [0.717, 1.165) is 16.3 Å². The van der Waals surface area contributed by atoms with Gasteiger partial charge in [-0.2, -0.15) is 16.6 Å². The summed E-state index contributed by atoms with van der Waals surface area (Å²) in [6.07, 6.45) is 0. The molecule has 0 unspecified atom stereocenters. The van der Waals surface area contributed by atoms with E-state index in [0.29, 0.717) is 11.1 Å². The van der Waals surface area contributed by atoms with Crippen molar-refractivity contribution in [1.29, 1.82) is 5.26 Å². The van der Waals surface area contributed by atoms with Crippen LogP contribution >= 0.6 is 22.7 Å². The first-order chi connectivity index (χ1) is 10.8. The lowest BCUT2D eigenvalue weighted by Crippen LogP contribution is -2.05. The SMILES string of the molecule is N#Cc1cccc(C(=O)OCc2csc(-c3ccsc3)n2)c1. The summed E-state index contributed by atoms with van der Waals surface area (Å²) in [5.74, 6) is -0.456. The molecule has 0 bridgehead atoms. The third kappa shape index (κ3) is 3.22. The molecule has 6 heteroatoms. The highest BCUT2D eigenvalue weighted by Crippen LogP contribution is 2.26. The second kappa shape index (κ2) is 6.52. The minimum absolute atomic E-state index is 0.121. The number of rotatable bonds is 4. The van der Waals surface area contributed by atoms with E-state index in [2.05, 4.69) is 4.98 Å². The molecule has 4 nitrogen and oxygen atoms in total. The van der Waals surface area contributed by atoms with Gasteiger partial charge in [0.25, 0.3) is 0 Å². The number of hydrogen-bond acceptors (Lipinski definition) is 6. The standard InChI is InChI=1S/C16H10N2O2S2/c17-7-11-2-1-3-12(6-11)16(19)20-8-14-10-22-15(18-14)13-4-5-21-9-13/h1-6,9-10H,8H2. The van der Waals surface area contributed by atoms with E-state index in [9.17, 15) is 4.79 Å². The summed E-state index contributed by atoms with van der Waals surface area (Å²) in [5, 5.41) is 15.7. The van der Waals surface area contributed by atoms with Gasteiger partial charge in [-0.05, 0) is 29.6 Å². The van der Waals surface area contributed by atoms with Crippen molar-refractivity contribution in [3.63, 3.8) is 0 Å². The highest BCUT2D eigenvalue weighted by Gasteiger charge is 2.10. The van der Waals surface area contributed by atoms with Crippen molar-refractivity contribution in [3.05, 3.63) is 63.3 Å². The molecule has 0 aliphatic heterocycles. The fourth-order valence-electron chi connectivity index (χ4n) is 1.83. The number of thiophene rings is 1. The second-order valence-electron chi connectivity index (χ2n) is 4.42. The molecule has 0 amide bonds.